The Labute approximate surface area is 313 Å². The summed E-state index contributed by atoms with van der Waals surface area (Å²) in [6.07, 6.45) is 0. The van der Waals surface area contributed by atoms with Gasteiger partial charge in [0.25, 0.3) is 0 Å². The third-order valence-corrected chi connectivity index (χ3v) is 10.8. The molecule has 0 atom stereocenters. The summed E-state index contributed by atoms with van der Waals surface area (Å²) < 4.78 is 15.6. The lowest BCUT2D eigenvalue weighted by molar-refractivity contribution is 0.669. The molecule has 0 saturated carbocycles. The van der Waals surface area contributed by atoms with Crippen LogP contribution in [0, 0.1) is 0 Å². The van der Waals surface area contributed by atoms with Gasteiger partial charge in [-0.3, -0.25) is 4.57 Å². The molecule has 0 saturated heterocycles. The lowest BCUT2D eigenvalue weighted by Crippen LogP contribution is -2.06. The number of aromatic nitrogens is 4. The van der Waals surface area contributed by atoms with Crippen LogP contribution in [0.2, 0.25) is 0 Å². The molecule has 12 rings (SSSR count). The maximum Gasteiger partial charge on any atom is 0.238 e. The molecule has 0 fully saturated rings. The molecule has 0 N–H and O–H groups in total. The van der Waals surface area contributed by atoms with Gasteiger partial charge in [-0.05, 0) is 47.5 Å². The van der Waals surface area contributed by atoms with Crippen molar-refractivity contribution < 1.29 is 8.83 Å². The van der Waals surface area contributed by atoms with Gasteiger partial charge < -0.3 is 8.83 Å². The highest BCUT2D eigenvalue weighted by Gasteiger charge is 2.27. The lowest BCUT2D eigenvalue weighted by Gasteiger charge is -2.13. The van der Waals surface area contributed by atoms with Gasteiger partial charge in [0, 0.05) is 48.8 Å². The monoisotopic (exact) mass is 704 g/mol. The van der Waals surface area contributed by atoms with Crippen molar-refractivity contribution in [1.82, 2.24) is 19.5 Å². The molecular formula is C49H28N4O2. The molecule has 0 aliphatic heterocycles. The first-order valence-electron chi connectivity index (χ1n) is 18.4. The Balaban J connectivity index is 1.26. The largest absolute Gasteiger partial charge is 0.456 e. The number of furan rings is 2. The zero-order valence-corrected chi connectivity index (χ0v) is 29.3. The van der Waals surface area contributed by atoms with Crippen LogP contribution in [0.1, 0.15) is 0 Å². The predicted octanol–water partition coefficient (Wildman–Crippen LogP) is 12.9. The second-order valence-corrected chi connectivity index (χ2v) is 13.9. The van der Waals surface area contributed by atoms with Crippen LogP contribution in [0.4, 0.5) is 0 Å². The van der Waals surface area contributed by atoms with Crippen molar-refractivity contribution in [2.75, 3.05) is 0 Å². The number of hydrogen-bond acceptors (Lipinski definition) is 5. The number of hydrogen-bond donors (Lipinski definition) is 0. The summed E-state index contributed by atoms with van der Waals surface area (Å²) in [5, 5.41) is 8.44. The molecule has 0 bridgehead atoms. The first-order valence-corrected chi connectivity index (χ1v) is 18.4. The smallest absolute Gasteiger partial charge is 0.238 e. The number of rotatable bonds is 4. The minimum absolute atomic E-state index is 0.522. The minimum atomic E-state index is 0.522. The van der Waals surface area contributed by atoms with Crippen LogP contribution in [-0.4, -0.2) is 19.5 Å². The van der Waals surface area contributed by atoms with Gasteiger partial charge in [-0.25, -0.2) is 4.98 Å². The van der Waals surface area contributed by atoms with Crippen LogP contribution in [0.5, 0.6) is 0 Å². The Kier molecular flexibility index (Phi) is 6.24. The van der Waals surface area contributed by atoms with E-state index in [2.05, 4.69) is 114 Å². The number of fused-ring (bicyclic) bond motifs is 14. The zero-order valence-electron chi connectivity index (χ0n) is 29.3. The summed E-state index contributed by atoms with van der Waals surface area (Å²) in [6, 6.07) is 58.2. The summed E-state index contributed by atoms with van der Waals surface area (Å²) >= 11 is 0. The first-order chi connectivity index (χ1) is 27.3. The van der Waals surface area contributed by atoms with Gasteiger partial charge in [0.15, 0.2) is 11.6 Å². The van der Waals surface area contributed by atoms with Crippen LogP contribution >= 0.6 is 0 Å². The molecule has 12 aromatic rings. The van der Waals surface area contributed by atoms with Crippen molar-refractivity contribution in [3.8, 4) is 39.9 Å². The van der Waals surface area contributed by atoms with Gasteiger partial charge in [0.05, 0.1) is 16.4 Å². The summed E-state index contributed by atoms with van der Waals surface area (Å²) in [4.78, 5) is 15.7. The van der Waals surface area contributed by atoms with Crippen molar-refractivity contribution in [3.05, 3.63) is 170 Å². The number of benzene rings is 8. The molecule has 0 aliphatic carbocycles. The summed E-state index contributed by atoms with van der Waals surface area (Å²) in [5.74, 6) is 1.70. The van der Waals surface area contributed by atoms with Crippen molar-refractivity contribution in [1.29, 1.82) is 0 Å². The standard InChI is InChI=1S/C49H28N4O2/c1-3-14-29(15-4-1)31-18-13-19-32(28-31)48-50-47(30-16-5-2-6-17-30)51-49(52-48)53-37-23-10-7-20-33(37)44-45(53)36-26-27-40-41(34-21-8-11-24-38(34)54-40)42(36)43-35-22-9-12-25-39(35)55-46(43)44/h1-28H. The van der Waals surface area contributed by atoms with E-state index in [1.807, 2.05) is 60.7 Å². The molecule has 4 aromatic heterocycles. The SMILES string of the molecule is c1ccc(-c2cccc(-c3nc(-c4ccccc4)nc(-n4c5ccccc5c5c6oc7ccccc7c6c6c(ccc7oc8ccccc8c76)c54)n3)c2)cc1. The predicted molar refractivity (Wildman–Crippen MR) is 223 cm³/mol. The Bertz CT molecular complexity index is 3490. The van der Waals surface area contributed by atoms with Crippen LogP contribution in [-0.2, 0) is 0 Å². The van der Waals surface area contributed by atoms with E-state index in [1.54, 1.807) is 0 Å². The van der Waals surface area contributed by atoms with Gasteiger partial charge in [-0.15, -0.1) is 0 Å². The van der Waals surface area contributed by atoms with Crippen molar-refractivity contribution in [3.63, 3.8) is 0 Å². The molecule has 6 nitrogen and oxygen atoms in total. The fraction of sp³-hybridized carbons (Fsp3) is 0. The molecule has 0 aliphatic rings. The Morgan fingerprint density at radius 2 is 0.964 bits per heavy atom. The third-order valence-electron chi connectivity index (χ3n) is 10.8. The molecule has 0 amide bonds. The Morgan fingerprint density at radius 1 is 0.364 bits per heavy atom. The van der Waals surface area contributed by atoms with Crippen LogP contribution in [0.15, 0.2) is 179 Å². The van der Waals surface area contributed by atoms with Crippen LogP contribution in [0.3, 0.4) is 0 Å². The molecule has 6 heteroatoms. The maximum atomic E-state index is 6.91. The van der Waals surface area contributed by atoms with Crippen molar-refractivity contribution >= 4 is 76.5 Å². The summed E-state index contributed by atoms with van der Waals surface area (Å²) in [5.41, 5.74) is 9.29. The van der Waals surface area contributed by atoms with Crippen LogP contribution in [0.25, 0.3) is 116 Å². The average Bonchev–Trinajstić information content (AvgIpc) is 3.94. The van der Waals surface area contributed by atoms with E-state index in [0.717, 1.165) is 98.7 Å². The number of nitrogens with zero attached hydrogens (tertiary/aromatic N) is 4. The quantitative estimate of drug-likeness (QED) is 0.182. The van der Waals surface area contributed by atoms with Gasteiger partial charge in [0.2, 0.25) is 5.95 Å². The molecule has 4 heterocycles. The summed E-state index contributed by atoms with van der Waals surface area (Å²) in [7, 11) is 0. The van der Waals surface area contributed by atoms with Gasteiger partial charge in [-0.2, -0.15) is 9.97 Å². The average molecular weight is 705 g/mol. The lowest BCUT2D eigenvalue weighted by atomic mass is 9.96. The van der Waals surface area contributed by atoms with Crippen molar-refractivity contribution in [2.24, 2.45) is 0 Å². The maximum absolute atomic E-state index is 6.91. The molecule has 55 heavy (non-hydrogen) atoms. The Morgan fingerprint density at radius 3 is 1.75 bits per heavy atom. The van der Waals surface area contributed by atoms with Gasteiger partial charge >= 0.3 is 0 Å². The second kappa shape index (κ2) is 11.5. The first kappa shape index (κ1) is 29.9. The van der Waals surface area contributed by atoms with Crippen LogP contribution < -0.4 is 0 Å². The molecule has 8 aromatic carbocycles. The highest BCUT2D eigenvalue weighted by molar-refractivity contribution is 6.40. The highest BCUT2D eigenvalue weighted by atomic mass is 16.3. The molecule has 0 radical (unpaired) electrons. The molecule has 256 valence electrons. The van der Waals surface area contributed by atoms with E-state index in [-0.39, 0.29) is 0 Å². The van der Waals surface area contributed by atoms with E-state index in [9.17, 15) is 0 Å². The van der Waals surface area contributed by atoms with Gasteiger partial charge in [0.1, 0.15) is 22.3 Å². The third kappa shape index (κ3) is 4.39. The van der Waals surface area contributed by atoms with E-state index < -0.39 is 0 Å². The zero-order chi connectivity index (χ0) is 36.0. The highest BCUT2D eigenvalue weighted by Crippen LogP contribution is 2.49. The second-order valence-electron chi connectivity index (χ2n) is 13.9. The molecule has 0 spiro atoms. The van der Waals surface area contributed by atoms with E-state index in [4.69, 9.17) is 23.8 Å². The normalized spacial score (nSPS) is 12.0. The number of para-hydroxylation sites is 3. The topological polar surface area (TPSA) is 69.9 Å². The fourth-order valence-corrected chi connectivity index (χ4v) is 8.45. The molecule has 0 unspecified atom stereocenters. The fourth-order valence-electron chi connectivity index (χ4n) is 8.45. The Hall–Kier alpha value is -7.57. The summed E-state index contributed by atoms with van der Waals surface area (Å²) in [6.45, 7) is 0. The van der Waals surface area contributed by atoms with E-state index in [0.29, 0.717) is 17.6 Å². The van der Waals surface area contributed by atoms with E-state index in [1.165, 1.54) is 0 Å². The van der Waals surface area contributed by atoms with Crippen molar-refractivity contribution in [2.45, 2.75) is 0 Å². The minimum Gasteiger partial charge on any atom is -0.456 e. The van der Waals surface area contributed by atoms with E-state index >= 15 is 0 Å². The molecular weight excluding hydrogens is 677 g/mol. The van der Waals surface area contributed by atoms with Gasteiger partial charge in [-0.1, -0.05) is 133 Å².